The molecule has 7 nitrogen and oxygen atoms in total. The van der Waals surface area contributed by atoms with E-state index in [0.29, 0.717) is 32.5 Å². The van der Waals surface area contributed by atoms with Crippen molar-refractivity contribution in [1.82, 2.24) is 19.2 Å². The number of H-pyrrole nitrogens is 1. The minimum absolute atomic E-state index is 0.0251. The third-order valence-electron chi connectivity index (χ3n) is 6.79. The van der Waals surface area contributed by atoms with Gasteiger partial charge in [0, 0.05) is 32.1 Å². The Kier molecular flexibility index (Phi) is 5.92. The first-order valence-corrected chi connectivity index (χ1v) is 12.8. The molecule has 174 valence electrons. The van der Waals surface area contributed by atoms with Crippen molar-refractivity contribution in [3.8, 4) is 0 Å². The van der Waals surface area contributed by atoms with Crippen molar-refractivity contribution in [1.29, 1.82) is 0 Å². The molecule has 2 aliphatic rings. The highest BCUT2D eigenvalue weighted by molar-refractivity contribution is 7.89. The summed E-state index contributed by atoms with van der Waals surface area (Å²) in [6.07, 6.45) is 2.97. The van der Waals surface area contributed by atoms with Gasteiger partial charge in [-0.15, -0.1) is 0 Å². The van der Waals surface area contributed by atoms with Crippen LogP contribution in [0.15, 0.2) is 53.4 Å². The third kappa shape index (κ3) is 4.39. The van der Waals surface area contributed by atoms with Gasteiger partial charge in [0.2, 0.25) is 15.9 Å². The van der Waals surface area contributed by atoms with Crippen molar-refractivity contribution in [2.45, 2.75) is 36.5 Å². The number of hydrogen-bond acceptors (Lipinski definition) is 4. The molecule has 0 aliphatic carbocycles. The molecule has 0 saturated carbocycles. The fourth-order valence-electron chi connectivity index (χ4n) is 4.92. The number of likely N-dealkylation sites (tertiary alicyclic amines) is 1. The molecule has 0 spiro atoms. The number of halogens is 1. The predicted octanol–water partition coefficient (Wildman–Crippen LogP) is 3.51. The molecule has 3 heterocycles. The monoisotopic (exact) mass is 470 g/mol. The van der Waals surface area contributed by atoms with Crippen molar-refractivity contribution < 1.29 is 17.6 Å². The van der Waals surface area contributed by atoms with Gasteiger partial charge in [-0.05, 0) is 62.1 Å². The standard InChI is InChI=1S/C24H27FN4O3S/c25-19-7-9-20(10-8-19)33(31,32)29-13-3-4-18(16-29)24(30)28-14-11-17(12-15-28)23-26-21-5-1-2-6-22(21)27-23/h1-2,5-10,17-18H,3-4,11-16H2,(H,26,27). The number of nitrogens with zero attached hydrogens (tertiary/aromatic N) is 3. The fraction of sp³-hybridized carbons (Fsp3) is 0.417. The van der Waals surface area contributed by atoms with Crippen molar-refractivity contribution in [3.63, 3.8) is 0 Å². The summed E-state index contributed by atoms with van der Waals surface area (Å²) in [6, 6.07) is 12.8. The molecule has 1 amide bonds. The van der Waals surface area contributed by atoms with Gasteiger partial charge < -0.3 is 9.88 Å². The Morgan fingerprint density at radius 3 is 2.45 bits per heavy atom. The van der Waals surface area contributed by atoms with Crippen molar-refractivity contribution >= 4 is 27.0 Å². The van der Waals surface area contributed by atoms with Crippen LogP contribution in [0.1, 0.15) is 37.4 Å². The Morgan fingerprint density at radius 2 is 1.73 bits per heavy atom. The number of benzene rings is 2. The normalized spacial score (nSPS) is 20.9. The number of sulfonamides is 1. The molecule has 5 rings (SSSR count). The van der Waals surface area contributed by atoms with Gasteiger partial charge in [-0.3, -0.25) is 4.79 Å². The number of rotatable bonds is 4. The largest absolute Gasteiger partial charge is 0.342 e. The van der Waals surface area contributed by atoms with Gasteiger partial charge in [0.05, 0.1) is 21.8 Å². The SMILES string of the molecule is O=C(C1CCCN(S(=O)(=O)c2ccc(F)cc2)C1)N1CCC(c2nc3ccccc3[nH]2)CC1. The maximum atomic E-state index is 13.2. The van der Waals surface area contributed by atoms with Crippen molar-refractivity contribution in [2.75, 3.05) is 26.2 Å². The van der Waals surface area contributed by atoms with Crippen LogP contribution in [0.5, 0.6) is 0 Å². The molecule has 0 bridgehead atoms. The summed E-state index contributed by atoms with van der Waals surface area (Å²) >= 11 is 0. The minimum atomic E-state index is -3.75. The number of aromatic amines is 1. The molecule has 1 atom stereocenters. The van der Waals surface area contributed by atoms with Gasteiger partial charge in [-0.25, -0.2) is 17.8 Å². The topological polar surface area (TPSA) is 86.4 Å². The highest BCUT2D eigenvalue weighted by Crippen LogP contribution is 2.30. The number of para-hydroxylation sites is 2. The van der Waals surface area contributed by atoms with Gasteiger partial charge in [0.25, 0.3) is 0 Å². The Balaban J connectivity index is 1.22. The zero-order valence-electron chi connectivity index (χ0n) is 18.3. The number of nitrogens with one attached hydrogen (secondary N) is 1. The molecule has 0 radical (unpaired) electrons. The zero-order valence-corrected chi connectivity index (χ0v) is 19.1. The van der Waals surface area contributed by atoms with Crippen molar-refractivity contribution in [2.24, 2.45) is 5.92 Å². The first-order valence-electron chi connectivity index (χ1n) is 11.4. The number of imidazole rings is 1. The van der Waals surface area contributed by atoms with Crippen LogP contribution in [-0.4, -0.2) is 59.7 Å². The Morgan fingerprint density at radius 1 is 1.00 bits per heavy atom. The molecule has 33 heavy (non-hydrogen) atoms. The summed E-state index contributed by atoms with van der Waals surface area (Å²) < 4.78 is 40.6. The molecular formula is C24H27FN4O3S. The molecule has 2 aliphatic heterocycles. The van der Waals surface area contributed by atoms with Crippen LogP contribution in [0.3, 0.4) is 0 Å². The number of carbonyl (C=O) groups excluding carboxylic acids is 1. The molecule has 3 aromatic rings. The van der Waals surface area contributed by atoms with E-state index in [-0.39, 0.29) is 29.2 Å². The Bertz CT molecular complexity index is 1220. The Hall–Kier alpha value is -2.78. The lowest BCUT2D eigenvalue weighted by atomic mass is 9.93. The molecule has 2 aromatic carbocycles. The average Bonchev–Trinajstić information content (AvgIpc) is 3.28. The van der Waals surface area contributed by atoms with E-state index >= 15 is 0 Å². The summed E-state index contributed by atoms with van der Waals surface area (Å²) in [6.45, 7) is 1.82. The molecule has 2 fully saturated rings. The van der Waals surface area contributed by atoms with E-state index in [1.807, 2.05) is 29.2 Å². The number of piperidine rings is 2. The molecule has 1 N–H and O–H groups in total. The summed E-state index contributed by atoms with van der Waals surface area (Å²) in [4.78, 5) is 23.3. The van der Waals surface area contributed by atoms with Gasteiger partial charge in [-0.2, -0.15) is 4.31 Å². The summed E-state index contributed by atoms with van der Waals surface area (Å²) in [7, 11) is -3.75. The summed E-state index contributed by atoms with van der Waals surface area (Å²) in [5.41, 5.74) is 1.98. The smallest absolute Gasteiger partial charge is 0.243 e. The van der Waals surface area contributed by atoms with E-state index in [0.717, 1.165) is 41.8 Å². The molecule has 2 saturated heterocycles. The maximum Gasteiger partial charge on any atom is 0.243 e. The maximum absolute atomic E-state index is 13.2. The second-order valence-corrected chi connectivity index (χ2v) is 10.8. The first-order chi connectivity index (χ1) is 15.9. The predicted molar refractivity (Wildman–Crippen MR) is 123 cm³/mol. The van der Waals surface area contributed by atoms with Crippen LogP contribution in [0.25, 0.3) is 11.0 Å². The van der Waals surface area contributed by atoms with Crippen LogP contribution >= 0.6 is 0 Å². The molecule has 1 unspecified atom stereocenters. The van der Waals surface area contributed by atoms with E-state index in [9.17, 15) is 17.6 Å². The van der Waals surface area contributed by atoms with E-state index in [1.165, 1.54) is 16.4 Å². The van der Waals surface area contributed by atoms with Crippen LogP contribution in [0, 0.1) is 11.7 Å². The van der Waals surface area contributed by atoms with E-state index in [1.54, 1.807) is 0 Å². The molecular weight excluding hydrogens is 443 g/mol. The second-order valence-electron chi connectivity index (χ2n) is 8.89. The highest BCUT2D eigenvalue weighted by atomic mass is 32.2. The fourth-order valence-corrected chi connectivity index (χ4v) is 6.44. The molecule has 9 heteroatoms. The van der Waals surface area contributed by atoms with Gasteiger partial charge in [0.1, 0.15) is 11.6 Å². The summed E-state index contributed by atoms with van der Waals surface area (Å²) in [5, 5.41) is 0. The van der Waals surface area contributed by atoms with Crippen LogP contribution in [0.4, 0.5) is 4.39 Å². The number of fused-ring (bicyclic) bond motifs is 1. The number of aromatic nitrogens is 2. The van der Waals surface area contributed by atoms with E-state index in [2.05, 4.69) is 4.98 Å². The highest BCUT2D eigenvalue weighted by Gasteiger charge is 2.36. The van der Waals surface area contributed by atoms with Crippen molar-refractivity contribution in [3.05, 3.63) is 60.2 Å². The summed E-state index contributed by atoms with van der Waals surface area (Å²) in [5.74, 6) is 0.446. The van der Waals surface area contributed by atoms with E-state index in [4.69, 9.17) is 4.98 Å². The quantitative estimate of drug-likeness (QED) is 0.632. The lowest BCUT2D eigenvalue weighted by molar-refractivity contribution is -0.137. The van der Waals surface area contributed by atoms with Crippen LogP contribution < -0.4 is 0 Å². The second kappa shape index (κ2) is 8.87. The van der Waals surface area contributed by atoms with Gasteiger partial charge >= 0.3 is 0 Å². The minimum Gasteiger partial charge on any atom is -0.342 e. The lowest BCUT2D eigenvalue weighted by Crippen LogP contribution is -2.48. The number of amides is 1. The van der Waals surface area contributed by atoms with Crippen LogP contribution in [-0.2, 0) is 14.8 Å². The lowest BCUT2D eigenvalue weighted by Gasteiger charge is -2.37. The molecule has 1 aromatic heterocycles. The number of carbonyl (C=O) groups is 1. The zero-order chi connectivity index (χ0) is 23.0. The Labute approximate surface area is 192 Å². The van der Waals surface area contributed by atoms with Gasteiger partial charge in [0.15, 0.2) is 0 Å². The first kappa shape index (κ1) is 22.0. The average molecular weight is 471 g/mol. The third-order valence-corrected chi connectivity index (χ3v) is 8.67. The number of hydrogen-bond donors (Lipinski definition) is 1. The van der Waals surface area contributed by atoms with E-state index < -0.39 is 15.8 Å². The van der Waals surface area contributed by atoms with Crippen LogP contribution in [0.2, 0.25) is 0 Å². The van der Waals surface area contributed by atoms with Gasteiger partial charge in [-0.1, -0.05) is 12.1 Å².